The highest BCUT2D eigenvalue weighted by molar-refractivity contribution is 7.99. The lowest BCUT2D eigenvalue weighted by molar-refractivity contribution is -0.113. The Morgan fingerprint density at radius 2 is 2.03 bits per heavy atom. The van der Waals surface area contributed by atoms with Gasteiger partial charge in [0.25, 0.3) is 5.56 Å². The minimum atomic E-state index is -0.302. The molecule has 0 saturated heterocycles. The van der Waals surface area contributed by atoms with E-state index in [2.05, 4.69) is 22.4 Å². The lowest BCUT2D eigenvalue weighted by atomic mass is 10.1. The summed E-state index contributed by atoms with van der Waals surface area (Å²) in [6.07, 6.45) is 1.54. The van der Waals surface area contributed by atoms with E-state index in [-0.39, 0.29) is 29.2 Å². The standard InChI is InChI=1S/C23H25N5O3S2/c1-4-16-12-17-20(33-16)25-23(28(21(17)30)11-10-15-8-6-5-7-9-15)32-13-18(29)24-22-27-26-19(31-22)14(2)3/h5-9,12,14H,4,10-11,13H2,1-3H3,(H,24,27,29). The molecule has 1 amide bonds. The molecule has 172 valence electrons. The third kappa shape index (κ3) is 5.51. The number of fused-ring (bicyclic) bond motifs is 1. The first-order valence-corrected chi connectivity index (χ1v) is 12.6. The molecule has 3 aromatic heterocycles. The third-order valence-electron chi connectivity index (χ3n) is 5.00. The highest BCUT2D eigenvalue weighted by Gasteiger charge is 2.17. The molecular weight excluding hydrogens is 458 g/mol. The number of aromatic nitrogens is 4. The maximum Gasteiger partial charge on any atom is 0.322 e. The molecule has 33 heavy (non-hydrogen) atoms. The van der Waals surface area contributed by atoms with Crippen LogP contribution in [0.1, 0.15) is 43.0 Å². The molecule has 0 aliphatic heterocycles. The minimum absolute atomic E-state index is 0.0642. The van der Waals surface area contributed by atoms with E-state index < -0.39 is 0 Å². The van der Waals surface area contributed by atoms with E-state index in [4.69, 9.17) is 9.40 Å². The van der Waals surface area contributed by atoms with E-state index in [1.54, 1.807) is 4.57 Å². The summed E-state index contributed by atoms with van der Waals surface area (Å²) < 4.78 is 7.11. The minimum Gasteiger partial charge on any atom is -0.408 e. The Labute approximate surface area is 199 Å². The number of benzene rings is 1. The summed E-state index contributed by atoms with van der Waals surface area (Å²) in [5.41, 5.74) is 1.06. The molecule has 3 heterocycles. The highest BCUT2D eigenvalue weighted by atomic mass is 32.2. The van der Waals surface area contributed by atoms with Crippen LogP contribution in [0.25, 0.3) is 10.2 Å². The van der Waals surface area contributed by atoms with Crippen molar-refractivity contribution in [1.82, 2.24) is 19.7 Å². The fourth-order valence-electron chi connectivity index (χ4n) is 3.22. The molecule has 4 rings (SSSR count). The predicted octanol–water partition coefficient (Wildman–Crippen LogP) is 4.50. The number of amides is 1. The van der Waals surface area contributed by atoms with E-state index in [1.165, 1.54) is 23.1 Å². The zero-order valence-electron chi connectivity index (χ0n) is 18.7. The second kappa shape index (κ2) is 10.3. The zero-order valence-corrected chi connectivity index (χ0v) is 20.3. The van der Waals surface area contributed by atoms with Crippen LogP contribution in [0, 0.1) is 0 Å². The molecule has 0 fully saturated rings. The number of nitrogens with one attached hydrogen (secondary N) is 1. The molecule has 0 radical (unpaired) electrons. The van der Waals surface area contributed by atoms with Crippen molar-refractivity contribution in [2.24, 2.45) is 0 Å². The van der Waals surface area contributed by atoms with Crippen molar-refractivity contribution >= 4 is 45.2 Å². The third-order valence-corrected chi connectivity index (χ3v) is 7.15. The number of anilines is 1. The smallest absolute Gasteiger partial charge is 0.322 e. The Balaban J connectivity index is 1.54. The summed E-state index contributed by atoms with van der Waals surface area (Å²) >= 11 is 2.74. The van der Waals surface area contributed by atoms with Gasteiger partial charge in [-0.25, -0.2) is 4.98 Å². The fourth-order valence-corrected chi connectivity index (χ4v) is 5.05. The van der Waals surface area contributed by atoms with E-state index in [0.29, 0.717) is 34.2 Å². The van der Waals surface area contributed by atoms with Crippen LogP contribution < -0.4 is 10.9 Å². The molecule has 0 bridgehead atoms. The molecule has 1 N–H and O–H groups in total. The van der Waals surface area contributed by atoms with Gasteiger partial charge in [-0.05, 0) is 24.5 Å². The molecule has 0 aliphatic rings. The normalized spacial score (nSPS) is 11.4. The molecule has 8 nitrogen and oxygen atoms in total. The largest absolute Gasteiger partial charge is 0.408 e. The number of hydrogen-bond donors (Lipinski definition) is 1. The van der Waals surface area contributed by atoms with Gasteiger partial charge in [-0.1, -0.05) is 68.0 Å². The van der Waals surface area contributed by atoms with Crippen molar-refractivity contribution in [1.29, 1.82) is 0 Å². The first kappa shape index (κ1) is 23.2. The lowest BCUT2D eigenvalue weighted by Gasteiger charge is -2.12. The molecule has 1 aromatic carbocycles. The van der Waals surface area contributed by atoms with Gasteiger partial charge in [-0.2, -0.15) is 0 Å². The van der Waals surface area contributed by atoms with Crippen LogP contribution in [-0.4, -0.2) is 31.4 Å². The fraction of sp³-hybridized carbons (Fsp3) is 0.348. The van der Waals surface area contributed by atoms with Gasteiger partial charge >= 0.3 is 6.01 Å². The topological polar surface area (TPSA) is 103 Å². The molecule has 0 spiro atoms. The van der Waals surface area contributed by atoms with Crippen LogP contribution in [-0.2, 0) is 24.2 Å². The van der Waals surface area contributed by atoms with E-state index in [1.807, 2.05) is 50.2 Å². The first-order chi connectivity index (χ1) is 15.9. The number of thiophene rings is 1. The van der Waals surface area contributed by atoms with Crippen molar-refractivity contribution in [2.75, 3.05) is 11.1 Å². The summed E-state index contributed by atoms with van der Waals surface area (Å²) in [6.45, 7) is 6.40. The molecular formula is C23H25N5O3S2. The second-order valence-corrected chi connectivity index (χ2v) is 9.87. The number of rotatable bonds is 9. The van der Waals surface area contributed by atoms with Gasteiger partial charge in [-0.15, -0.1) is 16.4 Å². The monoisotopic (exact) mass is 483 g/mol. The van der Waals surface area contributed by atoms with Crippen LogP contribution in [0.15, 0.2) is 50.8 Å². The van der Waals surface area contributed by atoms with Gasteiger partial charge in [-0.3, -0.25) is 19.5 Å². The van der Waals surface area contributed by atoms with Crippen molar-refractivity contribution < 1.29 is 9.21 Å². The Morgan fingerprint density at radius 3 is 2.73 bits per heavy atom. The van der Waals surface area contributed by atoms with Crippen molar-refractivity contribution in [2.45, 2.75) is 51.2 Å². The van der Waals surface area contributed by atoms with Crippen molar-refractivity contribution in [3.63, 3.8) is 0 Å². The average Bonchev–Trinajstić information content (AvgIpc) is 3.45. The summed E-state index contributed by atoms with van der Waals surface area (Å²) in [5.74, 6) is 0.299. The molecule has 0 saturated carbocycles. The van der Waals surface area contributed by atoms with Gasteiger partial charge in [0.1, 0.15) is 4.83 Å². The zero-order chi connectivity index (χ0) is 23.4. The SMILES string of the molecule is CCc1cc2c(=O)n(CCc3ccccc3)c(SCC(=O)Nc3nnc(C(C)C)o3)nc2s1. The molecule has 0 unspecified atom stereocenters. The number of thioether (sulfide) groups is 1. The maximum absolute atomic E-state index is 13.3. The molecule has 4 aromatic rings. The molecule has 0 atom stereocenters. The van der Waals surface area contributed by atoms with Gasteiger partial charge in [0.15, 0.2) is 5.16 Å². The second-order valence-electron chi connectivity index (χ2n) is 7.81. The van der Waals surface area contributed by atoms with Gasteiger partial charge in [0.2, 0.25) is 11.8 Å². The molecule has 0 aliphatic carbocycles. The Kier molecular flexibility index (Phi) is 7.24. The summed E-state index contributed by atoms with van der Waals surface area (Å²) in [5, 5.41) is 11.5. The lowest BCUT2D eigenvalue weighted by Crippen LogP contribution is -2.24. The number of carbonyl (C=O) groups excluding carboxylic acids is 1. The van der Waals surface area contributed by atoms with E-state index in [0.717, 1.165) is 16.9 Å². The van der Waals surface area contributed by atoms with Gasteiger partial charge in [0, 0.05) is 17.3 Å². The van der Waals surface area contributed by atoms with Crippen LogP contribution in [0.3, 0.4) is 0 Å². The van der Waals surface area contributed by atoms with Crippen LogP contribution >= 0.6 is 23.1 Å². The highest BCUT2D eigenvalue weighted by Crippen LogP contribution is 2.25. The average molecular weight is 484 g/mol. The van der Waals surface area contributed by atoms with Crippen molar-refractivity contribution in [3.05, 3.63) is 63.1 Å². The number of carbonyl (C=O) groups is 1. The summed E-state index contributed by atoms with van der Waals surface area (Å²) in [4.78, 5) is 32.3. The quantitative estimate of drug-likeness (QED) is 0.276. The van der Waals surface area contributed by atoms with E-state index >= 15 is 0 Å². The van der Waals surface area contributed by atoms with Crippen molar-refractivity contribution in [3.8, 4) is 0 Å². The number of aryl methyl sites for hydroxylation is 2. The number of hydrogen-bond acceptors (Lipinski definition) is 8. The summed E-state index contributed by atoms with van der Waals surface area (Å²) in [7, 11) is 0. The maximum atomic E-state index is 13.3. The summed E-state index contributed by atoms with van der Waals surface area (Å²) in [6, 6.07) is 12.0. The van der Waals surface area contributed by atoms with Gasteiger partial charge < -0.3 is 4.42 Å². The van der Waals surface area contributed by atoms with Gasteiger partial charge in [0.05, 0.1) is 11.1 Å². The Hall–Kier alpha value is -2.98. The van der Waals surface area contributed by atoms with Crippen LogP contribution in [0.4, 0.5) is 6.01 Å². The van der Waals surface area contributed by atoms with Crippen LogP contribution in [0.2, 0.25) is 0 Å². The first-order valence-electron chi connectivity index (χ1n) is 10.8. The Bertz CT molecular complexity index is 1310. The molecule has 10 heteroatoms. The van der Waals surface area contributed by atoms with Crippen LogP contribution in [0.5, 0.6) is 0 Å². The predicted molar refractivity (Wildman–Crippen MR) is 131 cm³/mol. The van der Waals surface area contributed by atoms with E-state index in [9.17, 15) is 9.59 Å². The number of nitrogens with zero attached hydrogens (tertiary/aromatic N) is 4. The Morgan fingerprint density at radius 1 is 1.24 bits per heavy atom.